The fourth-order valence-corrected chi connectivity index (χ4v) is 5.73. The molecule has 0 unspecified atom stereocenters. The maximum absolute atomic E-state index is 11.6. The van der Waals surface area contributed by atoms with E-state index in [0.717, 1.165) is 19.3 Å². The van der Waals surface area contributed by atoms with Crippen LogP contribution in [0.4, 0.5) is 0 Å². The molecule has 4 rings (SSSR count). The highest BCUT2D eigenvalue weighted by Gasteiger charge is 2.65. The molecule has 0 aliphatic heterocycles. The minimum absolute atomic E-state index is 0.284. The smallest absolute Gasteiger partial charge is 0.309 e. The predicted octanol–water partition coefficient (Wildman–Crippen LogP) is 3.31. The van der Waals surface area contributed by atoms with Gasteiger partial charge in [0.1, 0.15) is 0 Å². The quantitative estimate of drug-likeness (QED) is 0.739. The molecule has 90 valence electrons. The predicted molar refractivity (Wildman–Crippen MR) is 62.0 cm³/mol. The molecule has 0 aromatic heterocycles. The molecular formula is C14H22O2. The number of carboxylic acid groups (broad SMARTS) is 1. The average molecular weight is 222 g/mol. The lowest BCUT2D eigenvalue weighted by Crippen LogP contribution is -2.61. The minimum Gasteiger partial charge on any atom is -0.481 e. The second-order valence-electron chi connectivity index (χ2n) is 7.54. The van der Waals surface area contributed by atoms with Crippen molar-refractivity contribution in [2.75, 3.05) is 0 Å². The Bertz CT molecular complexity index is 364. The molecule has 4 bridgehead atoms. The molecule has 2 heteroatoms. The summed E-state index contributed by atoms with van der Waals surface area (Å²) in [6.07, 6.45) is 5.29. The largest absolute Gasteiger partial charge is 0.481 e. The van der Waals surface area contributed by atoms with Gasteiger partial charge in [0.25, 0.3) is 0 Å². The highest BCUT2D eigenvalue weighted by atomic mass is 16.4. The molecule has 0 saturated heterocycles. The Balaban J connectivity index is 2.08. The molecule has 1 N–H and O–H groups in total. The molecule has 0 heterocycles. The average Bonchev–Trinajstić information content (AvgIpc) is 2.10. The van der Waals surface area contributed by atoms with Gasteiger partial charge in [0.15, 0.2) is 0 Å². The molecule has 5 atom stereocenters. The second-order valence-corrected chi connectivity index (χ2v) is 7.54. The highest BCUT2D eigenvalue weighted by Crippen LogP contribution is 2.71. The molecule has 2 nitrogen and oxygen atoms in total. The number of hydrogen-bond donors (Lipinski definition) is 1. The Kier molecular flexibility index (Phi) is 1.76. The van der Waals surface area contributed by atoms with Crippen molar-refractivity contribution in [3.8, 4) is 0 Å². The Morgan fingerprint density at radius 2 is 1.88 bits per heavy atom. The second kappa shape index (κ2) is 2.65. The van der Waals surface area contributed by atoms with Gasteiger partial charge in [0, 0.05) is 0 Å². The van der Waals surface area contributed by atoms with E-state index in [2.05, 4.69) is 20.8 Å². The van der Waals surface area contributed by atoms with Crippen LogP contribution in [0.1, 0.15) is 52.9 Å². The molecular weight excluding hydrogens is 200 g/mol. The van der Waals surface area contributed by atoms with Crippen LogP contribution in [0.25, 0.3) is 0 Å². The van der Waals surface area contributed by atoms with Crippen LogP contribution in [0.2, 0.25) is 0 Å². The van der Waals surface area contributed by atoms with E-state index in [1.807, 2.05) is 0 Å². The van der Waals surface area contributed by atoms with Crippen molar-refractivity contribution in [1.82, 2.24) is 0 Å². The third kappa shape index (κ3) is 1.11. The zero-order chi connectivity index (χ0) is 11.8. The summed E-state index contributed by atoms with van der Waals surface area (Å²) in [6.45, 7) is 7.00. The van der Waals surface area contributed by atoms with Crippen LogP contribution >= 0.6 is 0 Å². The first kappa shape index (κ1) is 10.6. The zero-order valence-electron chi connectivity index (χ0n) is 10.5. The topological polar surface area (TPSA) is 37.3 Å². The van der Waals surface area contributed by atoms with Crippen molar-refractivity contribution in [2.45, 2.75) is 52.9 Å². The van der Waals surface area contributed by atoms with Gasteiger partial charge in [-0.15, -0.1) is 0 Å². The molecule has 0 aromatic rings. The molecule has 4 aliphatic carbocycles. The summed E-state index contributed by atoms with van der Waals surface area (Å²) in [5.74, 6) is 0.844. The Morgan fingerprint density at radius 1 is 1.19 bits per heavy atom. The first-order chi connectivity index (χ1) is 7.29. The van der Waals surface area contributed by atoms with E-state index >= 15 is 0 Å². The first-order valence-corrected chi connectivity index (χ1v) is 6.52. The fraction of sp³-hybridized carbons (Fsp3) is 0.929. The van der Waals surface area contributed by atoms with Crippen LogP contribution in [0.3, 0.4) is 0 Å². The lowest BCUT2D eigenvalue weighted by Gasteiger charge is -2.66. The first-order valence-electron chi connectivity index (χ1n) is 6.52. The van der Waals surface area contributed by atoms with Crippen LogP contribution in [0, 0.1) is 28.1 Å². The highest BCUT2D eigenvalue weighted by molar-refractivity contribution is 5.75. The molecule has 0 aromatic carbocycles. The summed E-state index contributed by atoms with van der Waals surface area (Å²) >= 11 is 0. The van der Waals surface area contributed by atoms with Gasteiger partial charge in [-0.3, -0.25) is 4.79 Å². The summed E-state index contributed by atoms with van der Waals surface area (Å²) in [5, 5.41) is 9.59. The van der Waals surface area contributed by atoms with Gasteiger partial charge in [-0.2, -0.15) is 0 Å². The summed E-state index contributed by atoms with van der Waals surface area (Å²) in [6, 6.07) is 0. The van der Waals surface area contributed by atoms with Crippen molar-refractivity contribution in [3.05, 3.63) is 0 Å². The number of aliphatic carboxylic acids is 1. The van der Waals surface area contributed by atoms with Crippen molar-refractivity contribution in [1.29, 1.82) is 0 Å². The van der Waals surface area contributed by atoms with Gasteiger partial charge >= 0.3 is 5.97 Å². The molecule has 4 fully saturated rings. The summed E-state index contributed by atoms with van der Waals surface area (Å²) in [5.41, 5.74) is 0.213. The third-order valence-corrected chi connectivity index (χ3v) is 6.01. The fourth-order valence-electron chi connectivity index (χ4n) is 5.73. The Labute approximate surface area is 97.4 Å². The molecule has 16 heavy (non-hydrogen) atoms. The number of rotatable bonds is 1. The molecule has 4 saturated carbocycles. The van der Waals surface area contributed by atoms with Crippen molar-refractivity contribution >= 4 is 5.97 Å². The minimum atomic E-state index is -0.527. The Morgan fingerprint density at radius 3 is 2.44 bits per heavy atom. The number of carboxylic acids is 1. The van der Waals surface area contributed by atoms with E-state index < -0.39 is 5.97 Å². The summed E-state index contributed by atoms with van der Waals surface area (Å²) in [7, 11) is 0. The molecule has 0 spiro atoms. The van der Waals surface area contributed by atoms with Crippen molar-refractivity contribution in [3.63, 3.8) is 0 Å². The van der Waals surface area contributed by atoms with Crippen molar-refractivity contribution in [2.24, 2.45) is 28.1 Å². The van der Waals surface area contributed by atoms with Gasteiger partial charge in [0.2, 0.25) is 0 Å². The van der Waals surface area contributed by atoms with E-state index in [4.69, 9.17) is 0 Å². The Hall–Kier alpha value is -0.530. The van der Waals surface area contributed by atoms with E-state index in [0.29, 0.717) is 17.3 Å². The van der Waals surface area contributed by atoms with Gasteiger partial charge in [-0.05, 0) is 54.8 Å². The van der Waals surface area contributed by atoms with Gasteiger partial charge < -0.3 is 5.11 Å². The normalized spacial score (nSPS) is 58.9. The van der Waals surface area contributed by atoms with E-state index in [9.17, 15) is 9.90 Å². The summed E-state index contributed by atoms with van der Waals surface area (Å²) < 4.78 is 0. The van der Waals surface area contributed by atoms with Crippen LogP contribution < -0.4 is 0 Å². The maximum Gasteiger partial charge on any atom is 0.309 e. The summed E-state index contributed by atoms with van der Waals surface area (Å²) in [4.78, 5) is 11.6. The number of hydrogen-bond acceptors (Lipinski definition) is 1. The number of carbonyl (C=O) groups is 1. The standard InChI is InChI=1S/C14H22O2/c1-9-10-4-12(2)6-13(9,3)8-14(5-10,7-12)11(15)16/h9-10H,4-8H2,1-3H3,(H,15,16)/t9-,10-,12-,13-,14-/m1/s1. The van der Waals surface area contributed by atoms with Crippen LogP contribution in [-0.4, -0.2) is 11.1 Å². The molecule has 0 radical (unpaired) electrons. The lowest BCUT2D eigenvalue weighted by atomic mass is 9.37. The van der Waals surface area contributed by atoms with Crippen LogP contribution in [0.15, 0.2) is 0 Å². The maximum atomic E-state index is 11.6. The van der Waals surface area contributed by atoms with E-state index in [1.54, 1.807) is 0 Å². The monoisotopic (exact) mass is 222 g/mol. The SMILES string of the molecule is C[C@@H]1[C@@H]2C[C@@]3(C)C[C@](C(=O)O)(C2)C[C@@]1(C)C3. The van der Waals surface area contributed by atoms with Crippen LogP contribution in [-0.2, 0) is 4.79 Å². The zero-order valence-corrected chi connectivity index (χ0v) is 10.5. The van der Waals surface area contributed by atoms with Gasteiger partial charge in [-0.25, -0.2) is 0 Å². The lowest BCUT2D eigenvalue weighted by molar-refractivity contribution is -0.200. The van der Waals surface area contributed by atoms with Gasteiger partial charge in [-0.1, -0.05) is 20.8 Å². The molecule has 4 aliphatic rings. The van der Waals surface area contributed by atoms with Crippen LogP contribution in [0.5, 0.6) is 0 Å². The van der Waals surface area contributed by atoms with E-state index in [1.165, 1.54) is 12.8 Å². The van der Waals surface area contributed by atoms with E-state index in [-0.39, 0.29) is 10.8 Å². The van der Waals surface area contributed by atoms with Gasteiger partial charge in [0.05, 0.1) is 5.41 Å². The van der Waals surface area contributed by atoms with Crippen molar-refractivity contribution < 1.29 is 9.90 Å². The third-order valence-electron chi connectivity index (χ3n) is 6.01. The molecule has 0 amide bonds.